The largest absolute Gasteiger partial charge is 0.396 e. The Balaban J connectivity index is 2.53. The monoisotopic (exact) mass is 269 g/mol. The number of rotatable bonds is 2. The van der Waals surface area contributed by atoms with Crippen molar-refractivity contribution in [2.45, 2.75) is 0 Å². The maximum atomic E-state index is 13.5. The summed E-state index contributed by atoms with van der Waals surface area (Å²) in [4.78, 5) is 11.9. The molecular weight excluding hydrogens is 262 g/mol. The van der Waals surface area contributed by atoms with E-state index < -0.39 is 45.9 Å². The first kappa shape index (κ1) is 13.1. The molecule has 0 amide bonds. The Hall–Kier alpha value is -2.37. The molecule has 0 bridgehead atoms. The van der Waals surface area contributed by atoms with E-state index in [-0.39, 0.29) is 0 Å². The first-order valence-electron chi connectivity index (χ1n) is 5.14. The van der Waals surface area contributed by atoms with Crippen LogP contribution in [0.25, 0.3) is 0 Å². The number of anilines is 1. The van der Waals surface area contributed by atoms with E-state index in [2.05, 4.69) is 0 Å². The summed E-state index contributed by atoms with van der Waals surface area (Å²) in [7, 11) is 0. The van der Waals surface area contributed by atoms with Crippen LogP contribution >= 0.6 is 0 Å². The number of ketones is 1. The van der Waals surface area contributed by atoms with Crippen molar-refractivity contribution in [1.82, 2.24) is 0 Å². The van der Waals surface area contributed by atoms with E-state index in [0.717, 1.165) is 18.2 Å². The lowest BCUT2D eigenvalue weighted by molar-refractivity contribution is 0.103. The van der Waals surface area contributed by atoms with E-state index in [1.54, 1.807) is 0 Å². The lowest BCUT2D eigenvalue weighted by atomic mass is 10.0. The summed E-state index contributed by atoms with van der Waals surface area (Å²) < 4.78 is 52.5. The standard InChI is InChI=1S/C13H7F4NO/c14-6-1-2-7(9(15)3-6)13(19)8-4-12(18)11(17)5-10(8)16/h1-5H,18H2. The number of carbonyl (C=O) groups excluding carboxylic acids is 1. The minimum atomic E-state index is -1.17. The normalized spacial score (nSPS) is 10.5. The maximum Gasteiger partial charge on any atom is 0.198 e. The Bertz CT molecular complexity index is 670. The molecule has 19 heavy (non-hydrogen) atoms. The molecule has 0 saturated carbocycles. The molecule has 0 aromatic heterocycles. The summed E-state index contributed by atoms with van der Waals surface area (Å²) in [5.41, 5.74) is 3.68. The first-order valence-corrected chi connectivity index (χ1v) is 5.14. The molecule has 0 saturated heterocycles. The second-order valence-corrected chi connectivity index (χ2v) is 3.81. The smallest absolute Gasteiger partial charge is 0.198 e. The van der Waals surface area contributed by atoms with Crippen LogP contribution < -0.4 is 5.73 Å². The fraction of sp³-hybridized carbons (Fsp3) is 0. The highest BCUT2D eigenvalue weighted by Crippen LogP contribution is 2.21. The SMILES string of the molecule is Nc1cc(C(=O)c2ccc(F)cc2F)c(F)cc1F. The molecular formula is C13H7F4NO. The second-order valence-electron chi connectivity index (χ2n) is 3.81. The third kappa shape index (κ3) is 2.42. The molecule has 0 aliphatic heterocycles. The van der Waals surface area contributed by atoms with Gasteiger partial charge in [-0.25, -0.2) is 17.6 Å². The third-order valence-electron chi connectivity index (χ3n) is 2.51. The molecule has 2 rings (SSSR count). The number of nitrogen functional groups attached to an aromatic ring is 1. The zero-order valence-corrected chi connectivity index (χ0v) is 9.38. The van der Waals surface area contributed by atoms with Gasteiger partial charge in [0.05, 0.1) is 16.8 Å². The molecule has 0 unspecified atom stereocenters. The van der Waals surface area contributed by atoms with Crippen molar-refractivity contribution >= 4 is 11.5 Å². The zero-order chi connectivity index (χ0) is 14.2. The molecule has 0 aliphatic carbocycles. The highest BCUT2D eigenvalue weighted by molar-refractivity contribution is 6.09. The van der Waals surface area contributed by atoms with E-state index in [0.29, 0.717) is 12.1 Å². The Morgan fingerprint density at radius 1 is 0.842 bits per heavy atom. The van der Waals surface area contributed by atoms with Crippen molar-refractivity contribution in [1.29, 1.82) is 0 Å². The van der Waals surface area contributed by atoms with E-state index in [9.17, 15) is 22.4 Å². The van der Waals surface area contributed by atoms with Gasteiger partial charge in [-0.2, -0.15) is 0 Å². The molecule has 2 aromatic rings. The topological polar surface area (TPSA) is 43.1 Å². The van der Waals surface area contributed by atoms with Gasteiger partial charge in [0.2, 0.25) is 0 Å². The molecule has 0 aliphatic rings. The number of hydrogen-bond acceptors (Lipinski definition) is 2. The minimum Gasteiger partial charge on any atom is -0.396 e. The summed E-state index contributed by atoms with van der Waals surface area (Å²) >= 11 is 0. The van der Waals surface area contributed by atoms with Gasteiger partial charge >= 0.3 is 0 Å². The summed E-state index contributed by atoms with van der Waals surface area (Å²) in [6.45, 7) is 0. The molecule has 98 valence electrons. The van der Waals surface area contributed by atoms with Crippen molar-refractivity contribution in [3.8, 4) is 0 Å². The van der Waals surface area contributed by atoms with Gasteiger partial charge < -0.3 is 5.73 Å². The second kappa shape index (κ2) is 4.72. The lowest BCUT2D eigenvalue weighted by Crippen LogP contribution is -2.09. The van der Waals surface area contributed by atoms with Crippen LogP contribution in [-0.2, 0) is 0 Å². The van der Waals surface area contributed by atoms with E-state index in [1.165, 1.54) is 0 Å². The summed E-state index contributed by atoms with van der Waals surface area (Å²) in [6, 6.07) is 3.45. The highest BCUT2D eigenvalue weighted by atomic mass is 19.1. The molecule has 0 heterocycles. The number of carbonyl (C=O) groups is 1. The summed E-state index contributed by atoms with van der Waals surface area (Å²) in [5.74, 6) is -5.23. The van der Waals surface area contributed by atoms with Crippen LogP contribution in [0.5, 0.6) is 0 Å². The highest BCUT2D eigenvalue weighted by Gasteiger charge is 2.19. The molecule has 0 spiro atoms. The molecule has 2 nitrogen and oxygen atoms in total. The molecule has 6 heteroatoms. The third-order valence-corrected chi connectivity index (χ3v) is 2.51. The van der Waals surface area contributed by atoms with Crippen LogP contribution in [0, 0.1) is 23.3 Å². The van der Waals surface area contributed by atoms with E-state index in [4.69, 9.17) is 5.73 Å². The van der Waals surface area contributed by atoms with Crippen molar-refractivity contribution < 1.29 is 22.4 Å². The van der Waals surface area contributed by atoms with Crippen molar-refractivity contribution in [2.75, 3.05) is 5.73 Å². The molecule has 0 atom stereocenters. The maximum absolute atomic E-state index is 13.5. The minimum absolute atomic E-state index is 0.435. The fourth-order valence-electron chi connectivity index (χ4n) is 1.56. The Morgan fingerprint density at radius 2 is 1.47 bits per heavy atom. The Kier molecular flexibility index (Phi) is 3.25. The Morgan fingerprint density at radius 3 is 2.11 bits per heavy atom. The van der Waals surface area contributed by atoms with Crippen LogP contribution in [0.3, 0.4) is 0 Å². The lowest BCUT2D eigenvalue weighted by Gasteiger charge is -2.06. The van der Waals surface area contributed by atoms with Gasteiger partial charge in [0.1, 0.15) is 23.3 Å². The number of nitrogens with two attached hydrogens (primary N) is 1. The molecule has 2 aromatic carbocycles. The fourth-order valence-corrected chi connectivity index (χ4v) is 1.56. The van der Waals surface area contributed by atoms with Crippen molar-refractivity contribution in [2.24, 2.45) is 0 Å². The predicted octanol–water partition coefficient (Wildman–Crippen LogP) is 3.06. The van der Waals surface area contributed by atoms with E-state index in [1.807, 2.05) is 0 Å². The Labute approximate surface area is 105 Å². The number of halogens is 4. The predicted molar refractivity (Wildman–Crippen MR) is 60.6 cm³/mol. The van der Waals surface area contributed by atoms with Crippen LogP contribution in [-0.4, -0.2) is 5.78 Å². The molecule has 0 radical (unpaired) electrons. The van der Waals surface area contributed by atoms with Gasteiger partial charge in [-0.3, -0.25) is 4.79 Å². The van der Waals surface area contributed by atoms with Crippen LogP contribution in [0.15, 0.2) is 30.3 Å². The van der Waals surface area contributed by atoms with Gasteiger partial charge in [0.25, 0.3) is 0 Å². The van der Waals surface area contributed by atoms with Gasteiger partial charge in [-0.1, -0.05) is 0 Å². The van der Waals surface area contributed by atoms with Crippen LogP contribution in [0.1, 0.15) is 15.9 Å². The van der Waals surface area contributed by atoms with Gasteiger partial charge in [-0.15, -0.1) is 0 Å². The van der Waals surface area contributed by atoms with Crippen molar-refractivity contribution in [3.05, 3.63) is 64.7 Å². The van der Waals surface area contributed by atoms with Gasteiger partial charge in [0.15, 0.2) is 5.78 Å². The van der Waals surface area contributed by atoms with Gasteiger partial charge in [-0.05, 0) is 18.2 Å². The summed E-state index contributed by atoms with van der Waals surface area (Å²) in [6.07, 6.45) is 0. The zero-order valence-electron chi connectivity index (χ0n) is 9.38. The van der Waals surface area contributed by atoms with Crippen molar-refractivity contribution in [3.63, 3.8) is 0 Å². The number of benzene rings is 2. The number of hydrogen-bond donors (Lipinski definition) is 1. The average molecular weight is 269 g/mol. The average Bonchev–Trinajstić information content (AvgIpc) is 2.33. The molecule has 0 fully saturated rings. The molecule has 2 N–H and O–H groups in total. The first-order chi connectivity index (χ1) is 8.90. The van der Waals surface area contributed by atoms with E-state index >= 15 is 0 Å². The van der Waals surface area contributed by atoms with Crippen LogP contribution in [0.2, 0.25) is 0 Å². The summed E-state index contributed by atoms with van der Waals surface area (Å²) in [5, 5.41) is 0. The van der Waals surface area contributed by atoms with Gasteiger partial charge in [0, 0.05) is 12.1 Å². The quantitative estimate of drug-likeness (QED) is 0.517. The van der Waals surface area contributed by atoms with Crippen LogP contribution in [0.4, 0.5) is 23.2 Å².